The number of aromatic nitrogens is 3. The number of fused-ring (bicyclic) bond motifs is 1. The van der Waals surface area contributed by atoms with Crippen LogP contribution in [-0.4, -0.2) is 30.1 Å². The number of rotatable bonds is 5. The number of ether oxygens (including phenoxy) is 1. The molecule has 0 saturated heterocycles. The van der Waals surface area contributed by atoms with Crippen LogP contribution in [0.25, 0.3) is 16.2 Å². The Morgan fingerprint density at radius 2 is 1.79 bits per heavy atom. The van der Waals surface area contributed by atoms with Crippen LogP contribution in [0.3, 0.4) is 0 Å². The number of thiazole rings is 1. The van der Waals surface area contributed by atoms with E-state index < -0.39 is 10.0 Å². The SMILES string of the molecule is COc1ccc(C)cc1S(=O)(=O)Nc1nc2scc(-c3ccc(C)cc3C)n2n1. The van der Waals surface area contributed by atoms with E-state index >= 15 is 0 Å². The Morgan fingerprint density at radius 1 is 1.07 bits per heavy atom. The third-order valence-corrected chi connectivity index (χ3v) is 6.74. The Balaban J connectivity index is 1.73. The van der Waals surface area contributed by atoms with Gasteiger partial charge in [-0.1, -0.05) is 29.8 Å². The molecule has 0 aliphatic carbocycles. The minimum Gasteiger partial charge on any atom is -0.495 e. The standard InChI is InChI=1S/C20H20N4O3S2/c1-12-5-7-15(14(3)9-12)16-11-28-20-21-19(22-24(16)20)23-29(25,26)18-10-13(2)6-8-17(18)27-4/h5-11H,1-4H3,(H,22,23). The van der Waals surface area contributed by atoms with Gasteiger partial charge < -0.3 is 4.74 Å². The topological polar surface area (TPSA) is 85.6 Å². The highest BCUT2D eigenvalue weighted by Gasteiger charge is 2.23. The lowest BCUT2D eigenvalue weighted by Gasteiger charge is -2.10. The summed E-state index contributed by atoms with van der Waals surface area (Å²) in [6, 6.07) is 11.1. The van der Waals surface area contributed by atoms with Crippen LogP contribution in [0.4, 0.5) is 5.95 Å². The molecule has 0 aliphatic rings. The van der Waals surface area contributed by atoms with Crippen molar-refractivity contribution in [3.63, 3.8) is 0 Å². The molecule has 0 atom stereocenters. The average molecular weight is 429 g/mol. The van der Waals surface area contributed by atoms with Gasteiger partial charge in [-0.05, 0) is 44.0 Å². The van der Waals surface area contributed by atoms with Gasteiger partial charge in [0.15, 0.2) is 0 Å². The van der Waals surface area contributed by atoms with Gasteiger partial charge in [0.05, 0.1) is 12.8 Å². The van der Waals surface area contributed by atoms with E-state index in [1.165, 1.54) is 24.0 Å². The molecule has 0 aliphatic heterocycles. The molecule has 2 aromatic carbocycles. The van der Waals surface area contributed by atoms with Gasteiger partial charge in [0.2, 0.25) is 4.96 Å². The molecule has 9 heteroatoms. The Kier molecular flexibility index (Phi) is 4.79. The fourth-order valence-electron chi connectivity index (χ4n) is 3.18. The van der Waals surface area contributed by atoms with E-state index in [-0.39, 0.29) is 16.6 Å². The average Bonchev–Trinajstić information content (AvgIpc) is 3.22. The van der Waals surface area contributed by atoms with Crippen molar-refractivity contribution in [2.75, 3.05) is 11.8 Å². The molecule has 4 aromatic rings. The highest BCUT2D eigenvalue weighted by molar-refractivity contribution is 7.92. The smallest absolute Gasteiger partial charge is 0.267 e. The lowest BCUT2D eigenvalue weighted by molar-refractivity contribution is 0.402. The second kappa shape index (κ2) is 7.16. The fraction of sp³-hybridized carbons (Fsp3) is 0.200. The van der Waals surface area contributed by atoms with Gasteiger partial charge in [0, 0.05) is 10.9 Å². The largest absolute Gasteiger partial charge is 0.495 e. The Hall–Kier alpha value is -2.91. The molecule has 7 nitrogen and oxygen atoms in total. The number of aryl methyl sites for hydroxylation is 3. The molecule has 29 heavy (non-hydrogen) atoms. The summed E-state index contributed by atoms with van der Waals surface area (Å²) in [4.78, 5) is 4.99. The summed E-state index contributed by atoms with van der Waals surface area (Å²) in [6.45, 7) is 5.90. The molecule has 0 saturated carbocycles. The molecule has 0 fully saturated rings. The monoisotopic (exact) mass is 428 g/mol. The zero-order valence-corrected chi connectivity index (χ0v) is 18.1. The van der Waals surface area contributed by atoms with E-state index in [2.05, 4.69) is 20.9 Å². The highest BCUT2D eigenvalue weighted by Crippen LogP contribution is 2.30. The van der Waals surface area contributed by atoms with Crippen LogP contribution in [0.2, 0.25) is 0 Å². The number of hydrogen-bond donors (Lipinski definition) is 1. The summed E-state index contributed by atoms with van der Waals surface area (Å²) in [6.07, 6.45) is 0. The number of benzene rings is 2. The minimum absolute atomic E-state index is 0.0198. The van der Waals surface area contributed by atoms with Crippen molar-refractivity contribution in [2.45, 2.75) is 25.7 Å². The molecular formula is C20H20N4O3S2. The van der Waals surface area contributed by atoms with E-state index in [1.807, 2.05) is 38.3 Å². The predicted molar refractivity (Wildman–Crippen MR) is 114 cm³/mol. The molecule has 4 rings (SSSR count). The maximum atomic E-state index is 12.9. The van der Waals surface area contributed by atoms with Crippen LogP contribution in [-0.2, 0) is 10.0 Å². The van der Waals surface area contributed by atoms with E-state index in [0.717, 1.165) is 22.4 Å². The van der Waals surface area contributed by atoms with Gasteiger partial charge >= 0.3 is 0 Å². The summed E-state index contributed by atoms with van der Waals surface area (Å²) in [5.41, 5.74) is 5.00. The Morgan fingerprint density at radius 3 is 2.52 bits per heavy atom. The first kappa shape index (κ1) is 19.4. The Bertz CT molecular complexity index is 1320. The molecule has 2 heterocycles. The number of methoxy groups -OCH3 is 1. The van der Waals surface area contributed by atoms with Gasteiger partial charge in [0.25, 0.3) is 16.0 Å². The molecule has 0 amide bonds. The van der Waals surface area contributed by atoms with Crippen molar-refractivity contribution < 1.29 is 13.2 Å². The molecule has 150 valence electrons. The van der Waals surface area contributed by atoms with Gasteiger partial charge in [-0.3, -0.25) is 0 Å². The summed E-state index contributed by atoms with van der Waals surface area (Å²) in [5.74, 6) is 0.284. The molecule has 0 unspecified atom stereocenters. The second-order valence-corrected chi connectivity index (χ2v) is 9.32. The van der Waals surface area contributed by atoms with E-state index in [4.69, 9.17) is 4.74 Å². The molecule has 0 spiro atoms. The Labute approximate surface area is 173 Å². The fourth-order valence-corrected chi connectivity index (χ4v) is 5.20. The van der Waals surface area contributed by atoms with Crippen LogP contribution in [0.5, 0.6) is 5.75 Å². The first-order valence-corrected chi connectivity index (χ1v) is 11.2. The molecular weight excluding hydrogens is 408 g/mol. The second-order valence-electron chi connectivity index (χ2n) is 6.83. The summed E-state index contributed by atoms with van der Waals surface area (Å²) in [7, 11) is -2.47. The van der Waals surface area contributed by atoms with Crippen LogP contribution >= 0.6 is 11.3 Å². The predicted octanol–water partition coefficient (Wildman–Crippen LogP) is 4.19. The van der Waals surface area contributed by atoms with Crippen LogP contribution in [0, 0.1) is 20.8 Å². The zero-order chi connectivity index (χ0) is 20.8. The maximum absolute atomic E-state index is 12.9. The quantitative estimate of drug-likeness (QED) is 0.515. The number of sulfonamides is 1. The van der Waals surface area contributed by atoms with E-state index in [1.54, 1.807) is 22.7 Å². The number of anilines is 1. The first-order valence-electron chi connectivity index (χ1n) is 8.88. The zero-order valence-electron chi connectivity index (χ0n) is 16.4. The molecule has 0 bridgehead atoms. The van der Waals surface area contributed by atoms with Crippen molar-refractivity contribution in [1.29, 1.82) is 0 Å². The molecule has 0 radical (unpaired) electrons. The van der Waals surface area contributed by atoms with Gasteiger partial charge in [-0.25, -0.2) is 17.7 Å². The first-order chi connectivity index (χ1) is 13.8. The number of nitrogens with zero attached hydrogens (tertiary/aromatic N) is 3. The van der Waals surface area contributed by atoms with Crippen molar-refractivity contribution >= 4 is 32.3 Å². The minimum atomic E-state index is -3.90. The van der Waals surface area contributed by atoms with Crippen molar-refractivity contribution in [1.82, 2.24) is 14.6 Å². The van der Waals surface area contributed by atoms with Crippen LogP contribution < -0.4 is 9.46 Å². The van der Waals surface area contributed by atoms with Gasteiger partial charge in [0.1, 0.15) is 10.6 Å². The third-order valence-electron chi connectivity index (χ3n) is 4.57. The van der Waals surface area contributed by atoms with Crippen molar-refractivity contribution in [3.8, 4) is 17.0 Å². The summed E-state index contributed by atoms with van der Waals surface area (Å²) < 4.78 is 35.1. The van der Waals surface area contributed by atoms with E-state index in [0.29, 0.717) is 4.96 Å². The lowest BCUT2D eigenvalue weighted by Crippen LogP contribution is -2.15. The van der Waals surface area contributed by atoms with E-state index in [9.17, 15) is 8.42 Å². The normalized spacial score (nSPS) is 11.7. The van der Waals surface area contributed by atoms with Crippen molar-refractivity contribution in [2.24, 2.45) is 0 Å². The number of nitrogens with one attached hydrogen (secondary N) is 1. The molecule has 2 aromatic heterocycles. The lowest BCUT2D eigenvalue weighted by atomic mass is 10.0. The maximum Gasteiger partial charge on any atom is 0.267 e. The van der Waals surface area contributed by atoms with Crippen LogP contribution in [0.1, 0.15) is 16.7 Å². The number of hydrogen-bond acceptors (Lipinski definition) is 6. The summed E-state index contributed by atoms with van der Waals surface area (Å²) >= 11 is 1.40. The molecule has 1 N–H and O–H groups in total. The van der Waals surface area contributed by atoms with Crippen LogP contribution in [0.15, 0.2) is 46.7 Å². The third kappa shape index (κ3) is 3.58. The highest BCUT2D eigenvalue weighted by atomic mass is 32.2. The summed E-state index contributed by atoms with van der Waals surface area (Å²) in [5, 5.41) is 6.35. The van der Waals surface area contributed by atoms with Crippen molar-refractivity contribution in [3.05, 3.63) is 58.5 Å². The van der Waals surface area contributed by atoms with Gasteiger partial charge in [-0.15, -0.1) is 16.4 Å². The van der Waals surface area contributed by atoms with Gasteiger partial charge in [-0.2, -0.15) is 4.98 Å².